The number of ether oxygens (including phenoxy) is 2. The SMILES string of the molecule is C=C(C)c1cn(CC2CCCO2)/c(=N/C(=O)c2cc(Cl)ccc2OC)s1. The van der Waals surface area contributed by atoms with Crippen LogP contribution < -0.4 is 9.54 Å². The fraction of sp³-hybridized carbons (Fsp3) is 0.368. The Labute approximate surface area is 161 Å². The average molecular weight is 393 g/mol. The monoisotopic (exact) mass is 392 g/mol. The molecule has 0 bridgehead atoms. The minimum Gasteiger partial charge on any atom is -0.496 e. The van der Waals surface area contributed by atoms with Crippen LogP contribution in [0.2, 0.25) is 5.02 Å². The van der Waals surface area contributed by atoms with E-state index in [1.807, 2.05) is 17.7 Å². The predicted octanol–water partition coefficient (Wildman–Crippen LogP) is 4.16. The number of aromatic nitrogens is 1. The molecule has 0 radical (unpaired) electrons. The van der Waals surface area contributed by atoms with Crippen LogP contribution in [0.1, 0.15) is 35.0 Å². The molecule has 1 aromatic heterocycles. The van der Waals surface area contributed by atoms with Crippen LogP contribution >= 0.6 is 22.9 Å². The van der Waals surface area contributed by atoms with Gasteiger partial charge < -0.3 is 14.0 Å². The van der Waals surface area contributed by atoms with E-state index in [9.17, 15) is 4.79 Å². The smallest absolute Gasteiger partial charge is 0.283 e. The fourth-order valence-corrected chi connectivity index (χ4v) is 3.89. The highest BCUT2D eigenvalue weighted by Gasteiger charge is 2.18. The molecule has 2 aromatic rings. The Balaban J connectivity index is 1.99. The molecule has 0 spiro atoms. The highest BCUT2D eigenvalue weighted by Crippen LogP contribution is 2.24. The molecule has 1 atom stereocenters. The van der Waals surface area contributed by atoms with Gasteiger partial charge >= 0.3 is 0 Å². The number of nitrogens with zero attached hydrogens (tertiary/aromatic N) is 2. The lowest BCUT2D eigenvalue weighted by Gasteiger charge is -2.10. The van der Waals surface area contributed by atoms with E-state index in [0.29, 0.717) is 27.7 Å². The van der Waals surface area contributed by atoms with E-state index >= 15 is 0 Å². The zero-order chi connectivity index (χ0) is 18.7. The van der Waals surface area contributed by atoms with Crippen molar-refractivity contribution < 1.29 is 14.3 Å². The first kappa shape index (κ1) is 18.9. The Bertz CT molecular complexity index is 894. The van der Waals surface area contributed by atoms with Gasteiger partial charge in [0, 0.05) is 22.7 Å². The molecule has 138 valence electrons. The van der Waals surface area contributed by atoms with Crippen molar-refractivity contribution in [1.82, 2.24) is 4.57 Å². The van der Waals surface area contributed by atoms with Crippen molar-refractivity contribution in [3.05, 3.63) is 51.2 Å². The van der Waals surface area contributed by atoms with Crippen molar-refractivity contribution in [2.45, 2.75) is 32.4 Å². The van der Waals surface area contributed by atoms with Gasteiger partial charge in [-0.15, -0.1) is 0 Å². The largest absolute Gasteiger partial charge is 0.496 e. The molecule has 2 heterocycles. The standard InChI is InChI=1S/C19H21ClN2O3S/c1-12(2)17-11-22(10-14-5-4-8-25-14)19(26-17)21-18(23)15-9-13(20)6-7-16(15)24-3/h6-7,9,11,14H,1,4-5,8,10H2,2-3H3/b21-19-. The van der Waals surface area contributed by atoms with E-state index in [1.165, 1.54) is 18.4 Å². The normalized spacial score (nSPS) is 17.5. The first-order valence-electron chi connectivity index (χ1n) is 8.38. The van der Waals surface area contributed by atoms with Gasteiger partial charge in [-0.1, -0.05) is 29.5 Å². The summed E-state index contributed by atoms with van der Waals surface area (Å²) in [5.74, 6) is 0.0612. The first-order valence-corrected chi connectivity index (χ1v) is 9.57. The summed E-state index contributed by atoms with van der Waals surface area (Å²) in [6, 6.07) is 4.92. The minimum atomic E-state index is -0.388. The Morgan fingerprint density at radius 3 is 3.00 bits per heavy atom. The predicted molar refractivity (Wildman–Crippen MR) is 104 cm³/mol. The molecule has 0 saturated carbocycles. The van der Waals surface area contributed by atoms with Gasteiger partial charge in [0.15, 0.2) is 4.80 Å². The summed E-state index contributed by atoms with van der Waals surface area (Å²) in [5, 5.41) is 0.463. The molecule has 1 aliphatic rings. The Morgan fingerprint density at radius 1 is 1.54 bits per heavy atom. The van der Waals surface area contributed by atoms with Gasteiger partial charge in [0.05, 0.1) is 25.3 Å². The second-order valence-corrected chi connectivity index (χ2v) is 7.65. The summed E-state index contributed by atoms with van der Waals surface area (Å²) >= 11 is 7.47. The molecule has 3 rings (SSSR count). The number of carbonyl (C=O) groups is 1. The number of hydrogen-bond donors (Lipinski definition) is 0. The Morgan fingerprint density at radius 2 is 2.35 bits per heavy atom. The summed E-state index contributed by atoms with van der Waals surface area (Å²) in [5.41, 5.74) is 1.28. The molecular weight excluding hydrogens is 372 g/mol. The molecule has 0 N–H and O–H groups in total. The molecule has 5 nitrogen and oxygen atoms in total. The van der Waals surface area contributed by atoms with E-state index in [4.69, 9.17) is 21.1 Å². The number of thiazole rings is 1. The summed E-state index contributed by atoms with van der Waals surface area (Å²) in [4.78, 5) is 18.7. The van der Waals surface area contributed by atoms with E-state index in [2.05, 4.69) is 11.6 Å². The number of allylic oxidation sites excluding steroid dienone is 1. The number of carbonyl (C=O) groups excluding carboxylic acids is 1. The summed E-state index contributed by atoms with van der Waals surface area (Å²) < 4.78 is 13.0. The molecule has 7 heteroatoms. The second kappa shape index (κ2) is 8.20. The average Bonchev–Trinajstić information content (AvgIpc) is 3.25. The topological polar surface area (TPSA) is 52.8 Å². The van der Waals surface area contributed by atoms with Crippen molar-refractivity contribution in [3.8, 4) is 5.75 Å². The van der Waals surface area contributed by atoms with E-state index < -0.39 is 0 Å². The maximum Gasteiger partial charge on any atom is 0.283 e. The number of halogens is 1. The summed E-state index contributed by atoms with van der Waals surface area (Å²) in [6.07, 6.45) is 4.21. The minimum absolute atomic E-state index is 0.150. The van der Waals surface area contributed by atoms with Gasteiger partial charge in [0.2, 0.25) is 0 Å². The van der Waals surface area contributed by atoms with Crippen molar-refractivity contribution >= 4 is 34.4 Å². The lowest BCUT2D eigenvalue weighted by Crippen LogP contribution is -2.23. The molecule has 1 aromatic carbocycles. The van der Waals surface area contributed by atoms with Crippen LogP contribution in [0.3, 0.4) is 0 Å². The van der Waals surface area contributed by atoms with Crippen LogP contribution in [0.25, 0.3) is 5.57 Å². The van der Waals surface area contributed by atoms with Gasteiger partial charge in [-0.05, 0) is 43.5 Å². The van der Waals surface area contributed by atoms with Crippen LogP contribution in [-0.2, 0) is 11.3 Å². The van der Waals surface area contributed by atoms with Gasteiger partial charge in [-0.2, -0.15) is 4.99 Å². The molecule has 0 aliphatic carbocycles. The lowest BCUT2D eigenvalue weighted by atomic mass is 10.2. The third kappa shape index (κ3) is 4.26. The highest BCUT2D eigenvalue weighted by molar-refractivity contribution is 7.10. The Hall–Kier alpha value is -1.89. The van der Waals surface area contributed by atoms with E-state index in [-0.39, 0.29) is 12.0 Å². The highest BCUT2D eigenvalue weighted by atomic mass is 35.5. The van der Waals surface area contributed by atoms with Gasteiger partial charge in [-0.3, -0.25) is 4.79 Å². The lowest BCUT2D eigenvalue weighted by molar-refractivity contribution is 0.0949. The quantitative estimate of drug-likeness (QED) is 0.767. The molecular formula is C19H21ClN2O3S. The maximum atomic E-state index is 12.7. The van der Waals surface area contributed by atoms with Crippen molar-refractivity contribution in [3.63, 3.8) is 0 Å². The number of amides is 1. The number of hydrogen-bond acceptors (Lipinski definition) is 4. The first-order chi connectivity index (χ1) is 12.5. The van der Waals surface area contributed by atoms with Crippen LogP contribution in [-0.4, -0.2) is 30.3 Å². The maximum absolute atomic E-state index is 12.7. The zero-order valence-electron chi connectivity index (χ0n) is 14.8. The van der Waals surface area contributed by atoms with Crippen LogP contribution in [0.4, 0.5) is 0 Å². The summed E-state index contributed by atoms with van der Waals surface area (Å²) in [7, 11) is 1.52. The molecule has 1 unspecified atom stereocenters. The molecule has 1 saturated heterocycles. The van der Waals surface area contributed by atoms with Gasteiger partial charge in [0.25, 0.3) is 5.91 Å². The third-order valence-corrected chi connectivity index (χ3v) is 5.57. The van der Waals surface area contributed by atoms with Crippen LogP contribution in [0, 0.1) is 0 Å². The Kier molecular flexibility index (Phi) is 5.96. The fourth-order valence-electron chi connectivity index (χ4n) is 2.80. The third-order valence-electron chi connectivity index (χ3n) is 4.15. The van der Waals surface area contributed by atoms with E-state index in [0.717, 1.165) is 29.9 Å². The number of methoxy groups -OCH3 is 1. The van der Waals surface area contributed by atoms with Crippen molar-refractivity contribution in [2.75, 3.05) is 13.7 Å². The zero-order valence-corrected chi connectivity index (χ0v) is 16.4. The number of rotatable bonds is 5. The van der Waals surface area contributed by atoms with E-state index in [1.54, 1.807) is 18.2 Å². The molecule has 26 heavy (non-hydrogen) atoms. The second-order valence-electron chi connectivity index (χ2n) is 6.21. The van der Waals surface area contributed by atoms with Crippen molar-refractivity contribution in [1.29, 1.82) is 0 Å². The van der Waals surface area contributed by atoms with Gasteiger partial charge in [-0.25, -0.2) is 0 Å². The van der Waals surface area contributed by atoms with Gasteiger partial charge in [0.1, 0.15) is 5.75 Å². The van der Waals surface area contributed by atoms with Crippen LogP contribution in [0.15, 0.2) is 36.0 Å². The molecule has 1 amide bonds. The van der Waals surface area contributed by atoms with Crippen molar-refractivity contribution in [2.24, 2.45) is 4.99 Å². The molecule has 1 aliphatic heterocycles. The number of benzene rings is 1. The van der Waals surface area contributed by atoms with Crippen LogP contribution in [0.5, 0.6) is 5.75 Å². The molecule has 1 fully saturated rings. The summed E-state index contributed by atoms with van der Waals surface area (Å²) in [6.45, 7) is 7.38.